The number of anilines is 2. The zero-order valence-corrected chi connectivity index (χ0v) is 19.7. The van der Waals surface area contributed by atoms with E-state index >= 15 is 0 Å². The number of piperazine rings is 1. The Morgan fingerprint density at radius 3 is 2.77 bits per heavy atom. The van der Waals surface area contributed by atoms with E-state index in [1.807, 2.05) is 23.1 Å². The van der Waals surface area contributed by atoms with E-state index in [1.54, 1.807) is 0 Å². The normalized spacial score (nSPS) is 18.6. The SMILES string of the molecule is Cc1cc2c(s1)Nc1ccccc1N=C2N1CCN(C)[C@@H](CCSc2ccccc2)C1. The van der Waals surface area contributed by atoms with Gasteiger partial charge in [-0.1, -0.05) is 30.3 Å². The maximum Gasteiger partial charge on any atom is 0.139 e. The van der Waals surface area contributed by atoms with Gasteiger partial charge in [-0.25, -0.2) is 4.99 Å². The smallest absolute Gasteiger partial charge is 0.139 e. The molecule has 1 fully saturated rings. The molecule has 0 saturated carbocycles. The number of rotatable bonds is 4. The van der Waals surface area contributed by atoms with Gasteiger partial charge >= 0.3 is 0 Å². The monoisotopic (exact) mass is 448 g/mol. The minimum Gasteiger partial charge on any atom is -0.353 e. The van der Waals surface area contributed by atoms with Crippen LogP contribution in [-0.2, 0) is 0 Å². The van der Waals surface area contributed by atoms with Gasteiger partial charge in [-0.05, 0) is 56.5 Å². The molecular formula is C25H28N4S2. The number of para-hydroxylation sites is 2. The van der Waals surface area contributed by atoms with Crippen LogP contribution < -0.4 is 5.32 Å². The van der Waals surface area contributed by atoms with Crippen molar-refractivity contribution in [3.63, 3.8) is 0 Å². The van der Waals surface area contributed by atoms with E-state index in [2.05, 4.69) is 89.8 Å². The third-order valence-electron chi connectivity index (χ3n) is 6.01. The van der Waals surface area contributed by atoms with Crippen LogP contribution in [0.15, 0.2) is 70.6 Å². The molecule has 1 N–H and O–H groups in total. The van der Waals surface area contributed by atoms with E-state index < -0.39 is 0 Å². The predicted molar refractivity (Wildman–Crippen MR) is 135 cm³/mol. The van der Waals surface area contributed by atoms with E-state index in [9.17, 15) is 0 Å². The number of aliphatic imine (C=N–C) groups is 1. The molecule has 0 radical (unpaired) electrons. The summed E-state index contributed by atoms with van der Waals surface area (Å²) in [6.07, 6.45) is 1.17. The molecule has 1 aromatic heterocycles. The minimum absolute atomic E-state index is 0.530. The second kappa shape index (κ2) is 9.07. The van der Waals surface area contributed by atoms with Crippen LogP contribution in [0.1, 0.15) is 16.9 Å². The van der Waals surface area contributed by atoms with Crippen molar-refractivity contribution < 1.29 is 0 Å². The summed E-state index contributed by atoms with van der Waals surface area (Å²) >= 11 is 3.77. The zero-order valence-electron chi connectivity index (χ0n) is 18.0. The van der Waals surface area contributed by atoms with E-state index in [1.165, 1.54) is 26.8 Å². The highest BCUT2D eigenvalue weighted by molar-refractivity contribution is 7.99. The molecule has 2 aliphatic heterocycles. The molecule has 3 heterocycles. The maximum atomic E-state index is 5.17. The Hall–Kier alpha value is -2.28. The van der Waals surface area contributed by atoms with Crippen LogP contribution in [0.5, 0.6) is 0 Å². The lowest BCUT2D eigenvalue weighted by Crippen LogP contribution is -2.53. The molecule has 0 amide bonds. The molecule has 6 heteroatoms. The molecule has 0 aliphatic carbocycles. The van der Waals surface area contributed by atoms with Gasteiger partial charge in [0, 0.05) is 35.4 Å². The Bertz CT molecular complexity index is 1080. The number of nitrogens with one attached hydrogen (secondary N) is 1. The van der Waals surface area contributed by atoms with E-state index in [0.717, 1.165) is 42.6 Å². The van der Waals surface area contributed by atoms with Gasteiger partial charge in [0.15, 0.2) is 0 Å². The lowest BCUT2D eigenvalue weighted by atomic mass is 10.1. The third kappa shape index (κ3) is 4.52. The summed E-state index contributed by atoms with van der Waals surface area (Å²) in [6.45, 7) is 5.26. The summed E-state index contributed by atoms with van der Waals surface area (Å²) in [4.78, 5) is 12.9. The number of aryl methyl sites for hydroxylation is 1. The fraction of sp³-hybridized carbons (Fsp3) is 0.320. The molecule has 4 nitrogen and oxygen atoms in total. The number of fused-ring (bicyclic) bond motifs is 2. The highest BCUT2D eigenvalue weighted by atomic mass is 32.2. The second-order valence-electron chi connectivity index (χ2n) is 8.21. The van der Waals surface area contributed by atoms with Crippen LogP contribution in [-0.4, -0.2) is 54.1 Å². The Balaban J connectivity index is 1.36. The molecule has 1 saturated heterocycles. The number of likely N-dealkylation sites (N-methyl/N-ethyl adjacent to an activating group) is 1. The van der Waals surface area contributed by atoms with Crippen molar-refractivity contribution in [2.24, 2.45) is 4.99 Å². The van der Waals surface area contributed by atoms with Gasteiger partial charge in [0.2, 0.25) is 0 Å². The standard InChI is InChI=1S/C25H28N4S2/c1-18-16-21-24(26-22-10-6-7-11-23(22)27-25(21)31-18)29-14-13-28(2)19(17-29)12-15-30-20-8-4-3-5-9-20/h3-11,16,19,27H,12-15,17H2,1-2H3/t19-/m0/s1. The highest BCUT2D eigenvalue weighted by Crippen LogP contribution is 2.39. The first-order valence-electron chi connectivity index (χ1n) is 10.9. The number of thioether (sulfide) groups is 1. The van der Waals surface area contributed by atoms with E-state index in [0.29, 0.717) is 6.04 Å². The summed E-state index contributed by atoms with van der Waals surface area (Å²) in [7, 11) is 2.26. The molecule has 0 bridgehead atoms. The first-order chi connectivity index (χ1) is 15.2. The number of nitrogens with zero attached hydrogens (tertiary/aromatic N) is 3. The van der Waals surface area contributed by atoms with Crippen molar-refractivity contribution in [1.29, 1.82) is 0 Å². The van der Waals surface area contributed by atoms with E-state index in [-0.39, 0.29) is 0 Å². The third-order valence-corrected chi connectivity index (χ3v) is 8.03. The van der Waals surface area contributed by atoms with Crippen molar-refractivity contribution in [1.82, 2.24) is 9.80 Å². The molecule has 0 unspecified atom stereocenters. The van der Waals surface area contributed by atoms with Gasteiger partial charge in [0.25, 0.3) is 0 Å². The molecule has 31 heavy (non-hydrogen) atoms. The first kappa shape index (κ1) is 20.6. The van der Waals surface area contributed by atoms with Crippen molar-refractivity contribution >= 4 is 45.3 Å². The Morgan fingerprint density at radius 2 is 1.90 bits per heavy atom. The van der Waals surface area contributed by atoms with Gasteiger partial charge in [0.1, 0.15) is 10.8 Å². The zero-order chi connectivity index (χ0) is 21.2. The average Bonchev–Trinajstić information content (AvgIpc) is 3.07. The van der Waals surface area contributed by atoms with Crippen LogP contribution >= 0.6 is 23.1 Å². The lowest BCUT2D eigenvalue weighted by Gasteiger charge is -2.41. The molecule has 1 atom stereocenters. The second-order valence-corrected chi connectivity index (χ2v) is 10.6. The lowest BCUT2D eigenvalue weighted by molar-refractivity contribution is 0.139. The van der Waals surface area contributed by atoms with E-state index in [4.69, 9.17) is 4.99 Å². The van der Waals surface area contributed by atoms with Crippen molar-refractivity contribution in [2.45, 2.75) is 24.3 Å². The molecule has 160 valence electrons. The van der Waals surface area contributed by atoms with Gasteiger partial charge in [-0.2, -0.15) is 0 Å². The minimum atomic E-state index is 0.530. The van der Waals surface area contributed by atoms with Gasteiger partial charge < -0.3 is 10.2 Å². The summed E-state index contributed by atoms with van der Waals surface area (Å²) in [5, 5.41) is 4.83. The fourth-order valence-corrected chi connectivity index (χ4v) is 6.16. The van der Waals surface area contributed by atoms with Crippen LogP contribution in [0.3, 0.4) is 0 Å². The quantitative estimate of drug-likeness (QED) is 0.497. The molecule has 0 spiro atoms. The summed E-state index contributed by atoms with van der Waals surface area (Å²) in [6, 6.07) is 21.9. The summed E-state index contributed by atoms with van der Waals surface area (Å²) in [5.41, 5.74) is 3.35. The highest BCUT2D eigenvalue weighted by Gasteiger charge is 2.29. The molecule has 2 aromatic carbocycles. The van der Waals surface area contributed by atoms with Crippen molar-refractivity contribution in [3.05, 3.63) is 71.1 Å². The largest absolute Gasteiger partial charge is 0.353 e. The number of thiophene rings is 1. The number of amidine groups is 1. The number of hydrogen-bond acceptors (Lipinski definition) is 6. The predicted octanol–water partition coefficient (Wildman–Crippen LogP) is 5.99. The number of benzene rings is 2. The van der Waals surface area contributed by atoms with Crippen LogP contribution in [0.4, 0.5) is 16.4 Å². The van der Waals surface area contributed by atoms with Gasteiger partial charge in [0.05, 0.1) is 16.9 Å². The topological polar surface area (TPSA) is 30.9 Å². The molecule has 5 rings (SSSR count). The molecule has 2 aliphatic rings. The first-order valence-corrected chi connectivity index (χ1v) is 12.7. The maximum absolute atomic E-state index is 5.17. The average molecular weight is 449 g/mol. The Labute approximate surface area is 193 Å². The van der Waals surface area contributed by atoms with Crippen LogP contribution in [0, 0.1) is 6.92 Å². The van der Waals surface area contributed by atoms with Crippen LogP contribution in [0.25, 0.3) is 0 Å². The van der Waals surface area contributed by atoms with Gasteiger partial charge in [-0.3, -0.25) is 4.90 Å². The van der Waals surface area contributed by atoms with Crippen molar-refractivity contribution in [3.8, 4) is 0 Å². The molecular weight excluding hydrogens is 420 g/mol. The Kier molecular flexibility index (Phi) is 6.03. The van der Waals surface area contributed by atoms with Crippen LogP contribution in [0.2, 0.25) is 0 Å². The summed E-state index contributed by atoms with van der Waals surface area (Å²) in [5.74, 6) is 2.25. The number of hydrogen-bond donors (Lipinski definition) is 1. The fourth-order valence-electron chi connectivity index (χ4n) is 4.27. The Morgan fingerprint density at radius 1 is 1.10 bits per heavy atom. The molecule has 3 aromatic rings. The van der Waals surface area contributed by atoms with Gasteiger partial charge in [-0.15, -0.1) is 23.1 Å². The van der Waals surface area contributed by atoms with Crippen molar-refractivity contribution in [2.75, 3.05) is 37.8 Å². The summed E-state index contributed by atoms with van der Waals surface area (Å²) < 4.78 is 0.